The zero-order chi connectivity index (χ0) is 15.3. The van der Waals surface area contributed by atoms with Gasteiger partial charge in [0.25, 0.3) is 5.69 Å². The lowest BCUT2D eigenvalue weighted by molar-refractivity contribution is -0.385. The first-order valence-electron chi connectivity index (χ1n) is 5.82. The minimum absolute atomic E-state index is 0.190. The standard InChI is InChI=1S/C12H14FNO6/c1-3-19-6-7(2)20-11-4-8(12(15)16)10(14(17)18)5-9(11)13/h4-5,7H,3,6H2,1-2H3,(H,15,16). The molecule has 0 saturated heterocycles. The van der Waals surface area contributed by atoms with Crippen molar-refractivity contribution in [1.29, 1.82) is 0 Å². The zero-order valence-electron chi connectivity index (χ0n) is 11.0. The van der Waals surface area contributed by atoms with Gasteiger partial charge >= 0.3 is 5.97 Å². The molecule has 0 aromatic heterocycles. The van der Waals surface area contributed by atoms with Crippen LogP contribution in [0.5, 0.6) is 5.75 Å². The van der Waals surface area contributed by atoms with Gasteiger partial charge in [0.15, 0.2) is 11.6 Å². The molecule has 20 heavy (non-hydrogen) atoms. The number of nitro benzene ring substituents is 1. The summed E-state index contributed by atoms with van der Waals surface area (Å²) in [6.07, 6.45) is -0.521. The molecule has 110 valence electrons. The van der Waals surface area contributed by atoms with Crippen LogP contribution in [0.3, 0.4) is 0 Å². The average Bonchev–Trinajstić information content (AvgIpc) is 2.37. The molecule has 0 aliphatic carbocycles. The maximum absolute atomic E-state index is 13.7. The van der Waals surface area contributed by atoms with Crippen LogP contribution in [0.1, 0.15) is 24.2 Å². The van der Waals surface area contributed by atoms with Gasteiger partial charge in [0.2, 0.25) is 0 Å². The molecule has 8 heteroatoms. The van der Waals surface area contributed by atoms with E-state index in [4.69, 9.17) is 14.6 Å². The first-order chi connectivity index (χ1) is 9.36. The number of carboxylic acid groups (broad SMARTS) is 1. The van der Waals surface area contributed by atoms with Crippen LogP contribution in [0, 0.1) is 15.9 Å². The molecule has 1 N–H and O–H groups in total. The van der Waals surface area contributed by atoms with Gasteiger partial charge < -0.3 is 14.6 Å². The Bertz CT molecular complexity index is 519. The van der Waals surface area contributed by atoms with Crippen LogP contribution in [-0.2, 0) is 4.74 Å². The van der Waals surface area contributed by atoms with Gasteiger partial charge in [-0.1, -0.05) is 0 Å². The summed E-state index contributed by atoms with van der Waals surface area (Å²) in [5.41, 5.74) is -1.45. The van der Waals surface area contributed by atoms with Crippen molar-refractivity contribution >= 4 is 11.7 Å². The number of hydrogen-bond donors (Lipinski definition) is 1. The van der Waals surface area contributed by atoms with E-state index in [1.54, 1.807) is 13.8 Å². The number of hydrogen-bond acceptors (Lipinski definition) is 5. The largest absolute Gasteiger partial charge is 0.485 e. The molecule has 0 heterocycles. The Balaban J connectivity index is 3.06. The molecule has 1 aromatic rings. The van der Waals surface area contributed by atoms with Gasteiger partial charge in [-0.3, -0.25) is 10.1 Å². The maximum atomic E-state index is 13.7. The third kappa shape index (κ3) is 3.89. The molecule has 0 radical (unpaired) electrons. The van der Waals surface area contributed by atoms with E-state index in [2.05, 4.69) is 0 Å². The first-order valence-corrected chi connectivity index (χ1v) is 5.82. The summed E-state index contributed by atoms with van der Waals surface area (Å²) in [4.78, 5) is 20.7. The molecular formula is C12H14FNO6. The van der Waals surface area contributed by atoms with Crippen molar-refractivity contribution in [3.05, 3.63) is 33.6 Å². The fourth-order valence-corrected chi connectivity index (χ4v) is 1.49. The van der Waals surface area contributed by atoms with E-state index in [0.29, 0.717) is 12.7 Å². The minimum atomic E-state index is -1.53. The van der Waals surface area contributed by atoms with E-state index in [1.807, 2.05) is 0 Å². The predicted octanol–water partition coefficient (Wildman–Crippen LogP) is 2.24. The second-order valence-corrected chi connectivity index (χ2v) is 3.95. The quantitative estimate of drug-likeness (QED) is 0.610. The Labute approximate surface area is 114 Å². The molecule has 0 fully saturated rings. The second-order valence-electron chi connectivity index (χ2n) is 3.95. The lowest BCUT2D eigenvalue weighted by atomic mass is 10.1. The summed E-state index contributed by atoms with van der Waals surface area (Å²) in [7, 11) is 0. The van der Waals surface area contributed by atoms with Crippen LogP contribution in [0.4, 0.5) is 10.1 Å². The third-order valence-corrected chi connectivity index (χ3v) is 2.36. The number of halogens is 1. The number of ether oxygens (including phenoxy) is 2. The molecule has 1 rings (SSSR count). The summed E-state index contributed by atoms with van der Waals surface area (Å²) in [5, 5.41) is 19.6. The molecule has 0 aliphatic rings. The Hall–Kier alpha value is -2.22. The van der Waals surface area contributed by atoms with Crippen LogP contribution in [0.25, 0.3) is 0 Å². The van der Waals surface area contributed by atoms with Crippen molar-refractivity contribution in [2.75, 3.05) is 13.2 Å². The molecule has 0 spiro atoms. The van der Waals surface area contributed by atoms with E-state index in [9.17, 15) is 19.3 Å². The average molecular weight is 287 g/mol. The molecular weight excluding hydrogens is 273 g/mol. The first kappa shape index (κ1) is 15.8. The third-order valence-electron chi connectivity index (χ3n) is 2.36. The Morgan fingerprint density at radius 2 is 2.20 bits per heavy atom. The maximum Gasteiger partial charge on any atom is 0.342 e. The molecule has 0 aliphatic heterocycles. The van der Waals surface area contributed by atoms with Gasteiger partial charge in [0.1, 0.15) is 11.7 Å². The summed E-state index contributed by atoms with van der Waals surface area (Å²) >= 11 is 0. The van der Waals surface area contributed by atoms with Crippen molar-refractivity contribution in [3.63, 3.8) is 0 Å². The van der Waals surface area contributed by atoms with Crippen LogP contribution in [-0.4, -0.2) is 35.3 Å². The van der Waals surface area contributed by atoms with Gasteiger partial charge in [-0.2, -0.15) is 0 Å². The van der Waals surface area contributed by atoms with E-state index in [0.717, 1.165) is 6.07 Å². The van der Waals surface area contributed by atoms with Gasteiger partial charge in [0, 0.05) is 12.7 Å². The van der Waals surface area contributed by atoms with E-state index >= 15 is 0 Å². The lowest BCUT2D eigenvalue weighted by Crippen LogP contribution is -2.20. The second kappa shape index (κ2) is 6.80. The SMILES string of the molecule is CCOCC(C)Oc1cc(C(=O)O)c([N+](=O)[O-])cc1F. The van der Waals surface area contributed by atoms with Crippen LogP contribution in [0.2, 0.25) is 0 Å². The van der Waals surface area contributed by atoms with Crippen LogP contribution >= 0.6 is 0 Å². The Morgan fingerprint density at radius 3 is 2.70 bits per heavy atom. The number of benzene rings is 1. The molecule has 0 amide bonds. The summed E-state index contributed by atoms with van der Waals surface area (Å²) in [5.74, 6) is -2.88. The monoisotopic (exact) mass is 287 g/mol. The Morgan fingerprint density at radius 1 is 1.55 bits per heavy atom. The highest BCUT2D eigenvalue weighted by molar-refractivity contribution is 5.92. The molecule has 1 atom stereocenters. The molecule has 1 aromatic carbocycles. The van der Waals surface area contributed by atoms with Crippen LogP contribution in [0.15, 0.2) is 12.1 Å². The van der Waals surface area contributed by atoms with Crippen molar-refractivity contribution in [1.82, 2.24) is 0 Å². The number of rotatable bonds is 7. The van der Waals surface area contributed by atoms with E-state index in [1.165, 1.54) is 0 Å². The fraction of sp³-hybridized carbons (Fsp3) is 0.417. The summed E-state index contributed by atoms with van der Waals surface area (Å²) in [6.45, 7) is 4.03. The smallest absolute Gasteiger partial charge is 0.342 e. The predicted molar refractivity (Wildman–Crippen MR) is 66.6 cm³/mol. The molecule has 1 unspecified atom stereocenters. The van der Waals surface area contributed by atoms with Gasteiger partial charge in [-0.15, -0.1) is 0 Å². The normalized spacial score (nSPS) is 11.9. The molecule has 0 saturated carbocycles. The van der Waals surface area contributed by atoms with Crippen molar-refractivity contribution in [3.8, 4) is 5.75 Å². The topological polar surface area (TPSA) is 98.9 Å². The van der Waals surface area contributed by atoms with Crippen molar-refractivity contribution < 1.29 is 28.7 Å². The number of carboxylic acids is 1. The van der Waals surface area contributed by atoms with Gasteiger partial charge in [-0.25, -0.2) is 9.18 Å². The highest BCUT2D eigenvalue weighted by atomic mass is 19.1. The number of nitro groups is 1. The number of nitrogens with zero attached hydrogens (tertiary/aromatic N) is 1. The van der Waals surface area contributed by atoms with E-state index in [-0.39, 0.29) is 12.4 Å². The van der Waals surface area contributed by atoms with Gasteiger partial charge in [-0.05, 0) is 13.8 Å². The Kier molecular flexibility index (Phi) is 5.39. The lowest BCUT2D eigenvalue weighted by Gasteiger charge is -2.15. The highest BCUT2D eigenvalue weighted by Crippen LogP contribution is 2.28. The molecule has 0 bridgehead atoms. The molecule has 7 nitrogen and oxygen atoms in total. The highest BCUT2D eigenvalue weighted by Gasteiger charge is 2.24. The minimum Gasteiger partial charge on any atom is -0.485 e. The van der Waals surface area contributed by atoms with Crippen LogP contribution < -0.4 is 4.74 Å². The van der Waals surface area contributed by atoms with Crippen molar-refractivity contribution in [2.24, 2.45) is 0 Å². The number of carbonyl (C=O) groups is 1. The zero-order valence-corrected chi connectivity index (χ0v) is 11.0. The number of aromatic carboxylic acids is 1. The van der Waals surface area contributed by atoms with Gasteiger partial charge in [0.05, 0.1) is 17.6 Å². The summed E-state index contributed by atoms with van der Waals surface area (Å²) < 4.78 is 23.9. The fourth-order valence-electron chi connectivity index (χ4n) is 1.49. The summed E-state index contributed by atoms with van der Waals surface area (Å²) in [6, 6.07) is 1.34. The van der Waals surface area contributed by atoms with Crippen molar-refractivity contribution in [2.45, 2.75) is 20.0 Å². The van der Waals surface area contributed by atoms with E-state index < -0.39 is 34.1 Å².